The molecule has 2 aromatic carbocycles. The van der Waals surface area contributed by atoms with Gasteiger partial charge in [-0.05, 0) is 81.3 Å². The van der Waals surface area contributed by atoms with Crippen molar-refractivity contribution in [3.05, 3.63) is 64.7 Å². The van der Waals surface area contributed by atoms with E-state index in [1.165, 1.54) is 22.1 Å². The van der Waals surface area contributed by atoms with Gasteiger partial charge in [-0.2, -0.15) is 0 Å². The first-order valence-electron chi connectivity index (χ1n) is 16.3. The number of para-hydroxylation sites is 1. The van der Waals surface area contributed by atoms with E-state index in [0.717, 1.165) is 37.1 Å². The third kappa shape index (κ3) is 7.25. The summed E-state index contributed by atoms with van der Waals surface area (Å²) in [5.74, 6) is -0.222. The molecule has 0 spiro atoms. The lowest BCUT2D eigenvalue weighted by atomic mass is 9.79. The Balaban J connectivity index is 1.55. The third-order valence-corrected chi connectivity index (χ3v) is 10.2. The molecule has 2 atom stereocenters. The zero-order chi connectivity index (χ0) is 34.1. The van der Waals surface area contributed by atoms with Crippen LogP contribution in [0.1, 0.15) is 112 Å². The minimum Gasteiger partial charge on any atom is -0.478 e. The molecule has 3 aromatic rings. The Kier molecular flexibility index (Phi) is 9.88. The van der Waals surface area contributed by atoms with Gasteiger partial charge in [-0.25, -0.2) is 27.9 Å². The average molecular weight is 664 g/mol. The van der Waals surface area contributed by atoms with Crippen LogP contribution in [-0.2, 0) is 10.0 Å². The predicted molar refractivity (Wildman–Crippen MR) is 184 cm³/mol. The molecule has 1 aromatic heterocycles. The molecule has 0 saturated heterocycles. The number of sulfonamides is 1. The topological polar surface area (TPSA) is 151 Å². The number of aryl methyl sites for hydroxylation is 1. The molecular formula is C34H45N7O5S. The van der Waals surface area contributed by atoms with Gasteiger partial charge in [0.15, 0.2) is 11.5 Å². The molecule has 2 aliphatic heterocycles. The normalized spacial score (nSPS) is 18.5. The molecule has 2 unspecified atom stereocenters. The Morgan fingerprint density at radius 2 is 1.96 bits per heavy atom. The summed E-state index contributed by atoms with van der Waals surface area (Å²) >= 11 is 0. The standard InChI is InChI=1S/C34H45N7O5S/c1-8-10-16-47(44,45)35-20-23(5)30-37-31-29(32(39-41(31)38-30)46-28-14-12-11-13-24(28)33(42)43)36-26-18-25-22(4)19-34(6,7)40(15-9-2)27(25)17-21(26)3/h11-14,17-18,22-23,35H,8-10,15-16,19-20H2,1-7H3,(H,42,43)/b36-29+. The van der Waals surface area contributed by atoms with E-state index in [1.807, 2.05) is 20.8 Å². The van der Waals surface area contributed by atoms with E-state index in [9.17, 15) is 18.3 Å². The first kappa shape index (κ1) is 34.2. The predicted octanol–water partition coefficient (Wildman–Crippen LogP) is 5.98. The molecule has 0 fully saturated rings. The SMILES string of the molecule is CCCCS(=O)(=O)NCC(C)c1nc2n(n1)N=C(Oc1ccccc1C(=O)O)/C2=N/c1cc2c(cc1C)N(CCC)C(C)(C)CC2C. The van der Waals surface area contributed by atoms with E-state index in [1.54, 1.807) is 18.2 Å². The summed E-state index contributed by atoms with van der Waals surface area (Å²) in [6.07, 6.45) is 3.40. The van der Waals surface area contributed by atoms with Crippen molar-refractivity contribution >= 4 is 39.0 Å². The van der Waals surface area contributed by atoms with Gasteiger partial charge in [0.2, 0.25) is 15.8 Å². The van der Waals surface area contributed by atoms with Gasteiger partial charge >= 0.3 is 5.97 Å². The maximum absolute atomic E-state index is 12.4. The molecule has 3 heterocycles. The smallest absolute Gasteiger partial charge is 0.339 e. The lowest BCUT2D eigenvalue weighted by Crippen LogP contribution is -2.48. The van der Waals surface area contributed by atoms with Crippen molar-refractivity contribution in [3.8, 4) is 5.75 Å². The summed E-state index contributed by atoms with van der Waals surface area (Å²) in [6.45, 7) is 15.9. The Labute approximate surface area is 277 Å². The quantitative estimate of drug-likeness (QED) is 0.240. The van der Waals surface area contributed by atoms with Crippen LogP contribution in [0.15, 0.2) is 46.5 Å². The summed E-state index contributed by atoms with van der Waals surface area (Å²) in [7, 11) is -3.41. The van der Waals surface area contributed by atoms with Gasteiger partial charge < -0.3 is 14.7 Å². The van der Waals surface area contributed by atoms with Crippen LogP contribution in [-0.4, -0.2) is 70.4 Å². The van der Waals surface area contributed by atoms with E-state index in [-0.39, 0.29) is 41.0 Å². The van der Waals surface area contributed by atoms with E-state index in [4.69, 9.17) is 14.7 Å². The highest BCUT2D eigenvalue weighted by atomic mass is 32.2. The van der Waals surface area contributed by atoms with Gasteiger partial charge in [0.05, 0.1) is 11.4 Å². The summed E-state index contributed by atoms with van der Waals surface area (Å²) in [4.78, 5) is 25.5. The number of aromatic nitrogens is 3. The first-order chi connectivity index (χ1) is 22.2. The number of carbonyl (C=O) groups is 1. The fourth-order valence-electron chi connectivity index (χ4n) is 6.24. The minimum atomic E-state index is -3.41. The van der Waals surface area contributed by atoms with Crippen LogP contribution in [0.5, 0.6) is 5.75 Å². The Morgan fingerprint density at radius 3 is 2.66 bits per heavy atom. The van der Waals surface area contributed by atoms with Crippen LogP contribution in [0.3, 0.4) is 0 Å². The Hall–Kier alpha value is -4.10. The average Bonchev–Trinajstić information content (AvgIpc) is 3.56. The van der Waals surface area contributed by atoms with Crippen molar-refractivity contribution < 1.29 is 23.1 Å². The number of hydrogen-bond acceptors (Lipinski definition) is 9. The van der Waals surface area contributed by atoms with E-state index >= 15 is 0 Å². The number of rotatable bonds is 12. The number of nitrogens with zero attached hydrogens (tertiary/aromatic N) is 6. The number of fused-ring (bicyclic) bond motifs is 2. The molecule has 0 aliphatic carbocycles. The van der Waals surface area contributed by atoms with Crippen molar-refractivity contribution in [2.24, 2.45) is 10.1 Å². The highest BCUT2D eigenvalue weighted by Gasteiger charge is 2.37. The zero-order valence-corrected chi connectivity index (χ0v) is 29.1. The maximum atomic E-state index is 12.4. The molecule has 13 heteroatoms. The van der Waals surface area contributed by atoms with Crippen LogP contribution in [0.4, 0.5) is 11.4 Å². The highest BCUT2D eigenvalue weighted by Crippen LogP contribution is 2.46. The van der Waals surface area contributed by atoms with Crippen LogP contribution < -0.4 is 14.4 Å². The number of nitrogens with one attached hydrogen (secondary N) is 1. The minimum absolute atomic E-state index is 0.0193. The summed E-state index contributed by atoms with van der Waals surface area (Å²) < 4.78 is 33.6. The second kappa shape index (κ2) is 13.6. The number of carboxylic acid groups (broad SMARTS) is 1. The van der Waals surface area contributed by atoms with Crippen molar-refractivity contribution in [2.75, 3.05) is 23.7 Å². The number of benzene rings is 2. The molecule has 5 rings (SSSR count). The number of aromatic carboxylic acids is 1. The van der Waals surface area contributed by atoms with E-state index < -0.39 is 16.0 Å². The van der Waals surface area contributed by atoms with Crippen LogP contribution in [0.2, 0.25) is 0 Å². The van der Waals surface area contributed by atoms with Crippen molar-refractivity contribution in [3.63, 3.8) is 0 Å². The molecule has 0 saturated carbocycles. The summed E-state index contributed by atoms with van der Waals surface area (Å²) in [5, 5.41) is 18.8. The molecule has 0 radical (unpaired) electrons. The second-order valence-electron chi connectivity index (χ2n) is 13.1. The monoisotopic (exact) mass is 663 g/mol. The van der Waals surface area contributed by atoms with Gasteiger partial charge in [0.25, 0.3) is 5.90 Å². The van der Waals surface area contributed by atoms with E-state index in [0.29, 0.717) is 29.7 Å². The van der Waals surface area contributed by atoms with Crippen LogP contribution in [0, 0.1) is 6.92 Å². The third-order valence-electron chi connectivity index (χ3n) is 8.73. The van der Waals surface area contributed by atoms with Crippen molar-refractivity contribution in [1.82, 2.24) is 19.6 Å². The number of aliphatic imine (C=N–C) groups is 1. The van der Waals surface area contributed by atoms with Gasteiger partial charge in [-0.15, -0.1) is 15.0 Å². The molecule has 252 valence electrons. The van der Waals surface area contributed by atoms with Crippen LogP contribution >= 0.6 is 0 Å². The van der Waals surface area contributed by atoms with E-state index in [2.05, 4.69) is 59.6 Å². The molecule has 47 heavy (non-hydrogen) atoms. The lowest BCUT2D eigenvalue weighted by Gasteiger charge is -2.48. The fraction of sp³-hybridized carbons (Fsp3) is 0.500. The Morgan fingerprint density at radius 1 is 1.21 bits per heavy atom. The second-order valence-corrected chi connectivity index (χ2v) is 15.1. The van der Waals surface area contributed by atoms with Gasteiger partial charge in [0, 0.05) is 30.2 Å². The number of hydrogen-bond donors (Lipinski definition) is 2. The molecular weight excluding hydrogens is 618 g/mol. The molecule has 2 aliphatic rings. The first-order valence-corrected chi connectivity index (χ1v) is 17.9. The number of anilines is 1. The summed E-state index contributed by atoms with van der Waals surface area (Å²) in [5.41, 5.74) is 4.41. The largest absolute Gasteiger partial charge is 0.478 e. The Bertz CT molecular complexity index is 1830. The zero-order valence-electron chi connectivity index (χ0n) is 28.2. The molecule has 0 amide bonds. The fourth-order valence-corrected chi connectivity index (χ4v) is 7.55. The van der Waals surface area contributed by atoms with Gasteiger partial charge in [-0.1, -0.05) is 46.2 Å². The summed E-state index contributed by atoms with van der Waals surface area (Å²) in [6, 6.07) is 10.6. The molecule has 2 N–H and O–H groups in total. The van der Waals surface area contributed by atoms with Crippen LogP contribution in [0.25, 0.3) is 0 Å². The lowest BCUT2D eigenvalue weighted by molar-refractivity contribution is 0.0694. The molecule has 12 nitrogen and oxygen atoms in total. The number of unbranched alkanes of at least 4 members (excludes halogenated alkanes) is 1. The van der Waals surface area contributed by atoms with Gasteiger partial charge in [-0.3, -0.25) is 0 Å². The molecule has 0 bridgehead atoms. The number of ether oxygens (including phenoxy) is 1. The highest BCUT2D eigenvalue weighted by molar-refractivity contribution is 7.89. The maximum Gasteiger partial charge on any atom is 0.339 e. The number of carboxylic acids is 1. The van der Waals surface area contributed by atoms with Crippen molar-refractivity contribution in [2.45, 2.75) is 91.5 Å². The van der Waals surface area contributed by atoms with Gasteiger partial charge in [0.1, 0.15) is 11.3 Å². The van der Waals surface area contributed by atoms with Crippen molar-refractivity contribution in [1.29, 1.82) is 0 Å².